The van der Waals surface area contributed by atoms with Crippen molar-refractivity contribution in [1.82, 2.24) is 4.90 Å². The van der Waals surface area contributed by atoms with Gasteiger partial charge in [0.1, 0.15) is 0 Å². The Bertz CT molecular complexity index is 688. The number of likely N-dealkylation sites (tertiary alicyclic amines) is 1. The highest BCUT2D eigenvalue weighted by Gasteiger charge is 2.26. The number of nitrogens with two attached hydrogens (primary N) is 1. The van der Waals surface area contributed by atoms with Crippen molar-refractivity contribution >= 4 is 35.4 Å². The molecule has 2 heterocycles. The zero-order chi connectivity index (χ0) is 15.5. The zero-order valence-corrected chi connectivity index (χ0v) is 14.2. The van der Waals surface area contributed by atoms with Crippen molar-refractivity contribution in [1.29, 1.82) is 0 Å². The Balaban J connectivity index is 0.00000192. The molecule has 1 amide bonds. The number of hydrogen-bond donors (Lipinski definition) is 1. The maximum absolute atomic E-state index is 12.8. The van der Waals surface area contributed by atoms with E-state index in [1.54, 1.807) is 35.2 Å². The molecule has 4 nitrogen and oxygen atoms in total. The molecule has 1 aromatic heterocycles. The summed E-state index contributed by atoms with van der Waals surface area (Å²) < 4.78 is 0. The zero-order valence-electron chi connectivity index (χ0n) is 12.6. The van der Waals surface area contributed by atoms with E-state index in [-0.39, 0.29) is 30.1 Å². The number of rotatable bonds is 3. The van der Waals surface area contributed by atoms with Crippen LogP contribution >= 0.6 is 23.7 Å². The minimum atomic E-state index is -0.101. The largest absolute Gasteiger partial charge is 0.337 e. The Hall–Kier alpha value is -1.69. The molecule has 1 fully saturated rings. The minimum absolute atomic E-state index is 0. The fraction of sp³-hybridized carbons (Fsp3) is 0.294. The fourth-order valence-corrected chi connectivity index (χ4v) is 3.45. The van der Waals surface area contributed by atoms with E-state index in [0.717, 1.165) is 12.8 Å². The first-order chi connectivity index (χ1) is 10.7. The van der Waals surface area contributed by atoms with E-state index in [9.17, 15) is 9.59 Å². The number of carbonyl (C=O) groups excluding carboxylic acids is 2. The van der Waals surface area contributed by atoms with Crippen LogP contribution < -0.4 is 5.73 Å². The maximum Gasteiger partial charge on any atom is 0.254 e. The van der Waals surface area contributed by atoms with Crippen LogP contribution in [0, 0.1) is 0 Å². The Kier molecular flexibility index (Phi) is 5.93. The third-order valence-corrected chi connectivity index (χ3v) is 4.76. The van der Waals surface area contributed by atoms with Gasteiger partial charge in [0.05, 0.1) is 10.4 Å². The van der Waals surface area contributed by atoms with Crippen LogP contribution in [0.25, 0.3) is 0 Å². The number of ketones is 1. The van der Waals surface area contributed by atoms with Gasteiger partial charge in [-0.05, 0) is 30.4 Å². The van der Waals surface area contributed by atoms with Gasteiger partial charge < -0.3 is 10.6 Å². The Morgan fingerprint density at radius 3 is 2.52 bits per heavy atom. The highest BCUT2D eigenvalue weighted by molar-refractivity contribution is 7.12. The molecule has 6 heteroatoms. The van der Waals surface area contributed by atoms with Gasteiger partial charge in [-0.1, -0.05) is 24.3 Å². The molecule has 1 aromatic carbocycles. The predicted molar refractivity (Wildman–Crippen MR) is 94.6 cm³/mol. The Morgan fingerprint density at radius 2 is 1.87 bits per heavy atom. The van der Waals surface area contributed by atoms with Gasteiger partial charge in [0.25, 0.3) is 5.91 Å². The van der Waals surface area contributed by atoms with Crippen molar-refractivity contribution in [3.05, 3.63) is 57.8 Å². The third-order valence-electron chi connectivity index (χ3n) is 3.89. The van der Waals surface area contributed by atoms with Crippen LogP contribution in [0.15, 0.2) is 41.8 Å². The van der Waals surface area contributed by atoms with Crippen molar-refractivity contribution in [3.63, 3.8) is 0 Å². The number of piperidine rings is 1. The standard InChI is InChI=1S/C17H18N2O2S.ClH/c18-12-5-3-9-19(11-12)17(21)14-7-2-1-6-13(14)16(20)15-8-4-10-22-15;/h1-2,4,6-8,10,12H,3,5,9,11,18H2;1H. The smallest absolute Gasteiger partial charge is 0.254 e. The highest BCUT2D eigenvalue weighted by atomic mass is 35.5. The quantitative estimate of drug-likeness (QED) is 0.865. The molecule has 2 aromatic rings. The van der Waals surface area contributed by atoms with Gasteiger partial charge >= 0.3 is 0 Å². The lowest BCUT2D eigenvalue weighted by molar-refractivity contribution is 0.0705. The van der Waals surface area contributed by atoms with E-state index in [4.69, 9.17) is 5.73 Å². The first-order valence-corrected chi connectivity index (χ1v) is 8.27. The molecule has 0 aliphatic carbocycles. The van der Waals surface area contributed by atoms with Crippen LogP contribution in [-0.4, -0.2) is 35.7 Å². The molecule has 1 atom stereocenters. The summed E-state index contributed by atoms with van der Waals surface area (Å²) in [6, 6.07) is 10.7. The molecule has 0 radical (unpaired) electrons. The van der Waals surface area contributed by atoms with E-state index in [1.165, 1.54) is 11.3 Å². The van der Waals surface area contributed by atoms with Crippen molar-refractivity contribution < 1.29 is 9.59 Å². The molecule has 1 aliphatic rings. The van der Waals surface area contributed by atoms with E-state index in [2.05, 4.69) is 0 Å². The molecule has 0 saturated carbocycles. The molecule has 1 saturated heterocycles. The molecule has 122 valence electrons. The maximum atomic E-state index is 12.8. The first kappa shape index (κ1) is 17.7. The van der Waals surface area contributed by atoms with Gasteiger partial charge in [-0.3, -0.25) is 9.59 Å². The summed E-state index contributed by atoms with van der Waals surface area (Å²) in [4.78, 5) is 27.8. The molecule has 3 rings (SSSR count). The topological polar surface area (TPSA) is 63.4 Å². The van der Waals surface area contributed by atoms with Crippen LogP contribution in [0.1, 0.15) is 38.4 Å². The average molecular weight is 351 g/mol. The summed E-state index contributed by atoms with van der Waals surface area (Å²) in [5, 5.41) is 1.86. The summed E-state index contributed by atoms with van der Waals surface area (Å²) in [5.74, 6) is -0.198. The number of benzene rings is 1. The van der Waals surface area contributed by atoms with Crippen molar-refractivity contribution in [2.45, 2.75) is 18.9 Å². The summed E-state index contributed by atoms with van der Waals surface area (Å²) in [7, 11) is 0. The summed E-state index contributed by atoms with van der Waals surface area (Å²) in [5.41, 5.74) is 6.89. The number of amides is 1. The number of carbonyl (C=O) groups is 2. The monoisotopic (exact) mass is 350 g/mol. The number of nitrogens with zero attached hydrogens (tertiary/aromatic N) is 1. The van der Waals surface area contributed by atoms with Crippen LogP contribution in [0.3, 0.4) is 0 Å². The Morgan fingerprint density at radius 1 is 1.13 bits per heavy atom. The van der Waals surface area contributed by atoms with E-state index >= 15 is 0 Å². The molecule has 1 unspecified atom stereocenters. The number of thiophene rings is 1. The predicted octanol–water partition coefficient (Wildman–Crippen LogP) is 2.96. The van der Waals surface area contributed by atoms with Crippen LogP contribution in [-0.2, 0) is 0 Å². The lowest BCUT2D eigenvalue weighted by atomic mass is 9.99. The fourth-order valence-electron chi connectivity index (χ4n) is 2.77. The van der Waals surface area contributed by atoms with Gasteiger partial charge in [-0.25, -0.2) is 0 Å². The summed E-state index contributed by atoms with van der Waals surface area (Å²) >= 11 is 1.39. The lowest BCUT2D eigenvalue weighted by Crippen LogP contribution is -2.46. The van der Waals surface area contributed by atoms with Gasteiger partial charge in [-0.2, -0.15) is 0 Å². The second kappa shape index (κ2) is 7.73. The van der Waals surface area contributed by atoms with Crippen molar-refractivity contribution in [3.8, 4) is 0 Å². The number of hydrogen-bond acceptors (Lipinski definition) is 4. The third kappa shape index (κ3) is 3.80. The molecule has 2 N–H and O–H groups in total. The molecule has 0 bridgehead atoms. The van der Waals surface area contributed by atoms with Gasteiger partial charge in [0, 0.05) is 24.7 Å². The van der Waals surface area contributed by atoms with Gasteiger partial charge in [0.15, 0.2) is 0 Å². The summed E-state index contributed by atoms with van der Waals surface area (Å²) in [6.07, 6.45) is 1.85. The van der Waals surface area contributed by atoms with Gasteiger partial charge in [-0.15, -0.1) is 23.7 Å². The van der Waals surface area contributed by atoms with Gasteiger partial charge in [0.2, 0.25) is 5.78 Å². The highest BCUT2D eigenvalue weighted by Crippen LogP contribution is 2.21. The normalized spacial score (nSPS) is 17.4. The van der Waals surface area contributed by atoms with Crippen LogP contribution in [0.2, 0.25) is 0 Å². The molecule has 23 heavy (non-hydrogen) atoms. The van der Waals surface area contributed by atoms with Crippen LogP contribution in [0.5, 0.6) is 0 Å². The SMILES string of the molecule is Cl.NC1CCCN(C(=O)c2ccccc2C(=O)c2cccs2)C1. The molecule has 1 aliphatic heterocycles. The Labute approximate surface area is 145 Å². The molecule has 0 spiro atoms. The van der Waals surface area contributed by atoms with E-state index in [1.807, 2.05) is 11.4 Å². The van der Waals surface area contributed by atoms with Crippen molar-refractivity contribution in [2.24, 2.45) is 5.73 Å². The average Bonchev–Trinajstić information content (AvgIpc) is 3.08. The van der Waals surface area contributed by atoms with Crippen LogP contribution in [0.4, 0.5) is 0 Å². The van der Waals surface area contributed by atoms with E-state index < -0.39 is 0 Å². The minimum Gasteiger partial charge on any atom is -0.337 e. The lowest BCUT2D eigenvalue weighted by Gasteiger charge is -2.31. The number of halogens is 1. The first-order valence-electron chi connectivity index (χ1n) is 7.39. The second-order valence-corrected chi connectivity index (χ2v) is 6.45. The van der Waals surface area contributed by atoms with Crippen molar-refractivity contribution in [2.75, 3.05) is 13.1 Å². The summed E-state index contributed by atoms with van der Waals surface area (Å²) in [6.45, 7) is 1.26. The molecular formula is C17H19ClN2O2S. The second-order valence-electron chi connectivity index (χ2n) is 5.51. The molecular weight excluding hydrogens is 332 g/mol. The van der Waals surface area contributed by atoms with E-state index in [0.29, 0.717) is 29.1 Å².